The molecule has 0 aliphatic carbocycles. The molecule has 4 heteroatoms. The average molecular weight is 469 g/mol. The zero-order valence-electron chi connectivity index (χ0n) is 22.3. The maximum Gasteiger partial charge on any atom is 0.305 e. The molecule has 0 spiro atoms. The molecular formula is C29H56O4. The van der Waals surface area contributed by atoms with E-state index in [0.29, 0.717) is 32.5 Å². The first kappa shape index (κ1) is 31.9. The molecule has 0 fully saturated rings. The van der Waals surface area contributed by atoms with Crippen molar-refractivity contribution in [1.82, 2.24) is 0 Å². The summed E-state index contributed by atoms with van der Waals surface area (Å²) in [6.07, 6.45) is 26.7. The first-order valence-corrected chi connectivity index (χ1v) is 14.5. The van der Waals surface area contributed by atoms with Crippen LogP contribution in [0.25, 0.3) is 0 Å². The Morgan fingerprint density at radius 3 is 0.970 bits per heavy atom. The van der Waals surface area contributed by atoms with E-state index in [1.54, 1.807) is 0 Å². The zero-order valence-corrected chi connectivity index (χ0v) is 22.3. The van der Waals surface area contributed by atoms with Crippen molar-refractivity contribution in [2.45, 2.75) is 162 Å². The Balaban J connectivity index is 3.27. The molecule has 0 aromatic carbocycles. The summed E-state index contributed by atoms with van der Waals surface area (Å²) in [5.74, 6) is -0.376. The second-order valence-corrected chi connectivity index (χ2v) is 9.66. The van der Waals surface area contributed by atoms with Crippen LogP contribution in [0.3, 0.4) is 0 Å². The Hall–Kier alpha value is -1.06. The van der Waals surface area contributed by atoms with Crippen molar-refractivity contribution in [3.05, 3.63) is 0 Å². The van der Waals surface area contributed by atoms with E-state index < -0.39 is 0 Å². The van der Waals surface area contributed by atoms with Crippen molar-refractivity contribution < 1.29 is 19.1 Å². The third-order valence-corrected chi connectivity index (χ3v) is 6.28. The third kappa shape index (κ3) is 27.1. The maximum atomic E-state index is 11.8. The molecule has 0 heterocycles. The van der Waals surface area contributed by atoms with Crippen LogP contribution in [0.1, 0.15) is 162 Å². The van der Waals surface area contributed by atoms with E-state index in [-0.39, 0.29) is 11.9 Å². The molecule has 0 rings (SSSR count). The van der Waals surface area contributed by atoms with Gasteiger partial charge in [-0.15, -0.1) is 0 Å². The molecule has 0 unspecified atom stereocenters. The number of esters is 2. The minimum absolute atomic E-state index is 0.186. The quantitative estimate of drug-likeness (QED) is 0.0938. The van der Waals surface area contributed by atoms with Crippen molar-refractivity contribution in [2.75, 3.05) is 13.2 Å². The maximum absolute atomic E-state index is 11.8. The van der Waals surface area contributed by atoms with Crippen LogP contribution in [0, 0.1) is 0 Å². The van der Waals surface area contributed by atoms with E-state index >= 15 is 0 Å². The monoisotopic (exact) mass is 468 g/mol. The first-order valence-electron chi connectivity index (χ1n) is 14.5. The van der Waals surface area contributed by atoms with Crippen LogP contribution in [-0.2, 0) is 19.1 Å². The molecule has 0 atom stereocenters. The van der Waals surface area contributed by atoms with Gasteiger partial charge in [-0.05, 0) is 19.3 Å². The number of unbranched alkanes of at least 4 members (excludes halogenated alkanes) is 18. The van der Waals surface area contributed by atoms with E-state index in [9.17, 15) is 9.59 Å². The number of ether oxygens (including phenoxy) is 2. The molecule has 0 aliphatic heterocycles. The molecule has 0 amide bonds. The fourth-order valence-electron chi connectivity index (χ4n) is 4.07. The second kappa shape index (κ2) is 27.2. The molecule has 0 aromatic rings. The van der Waals surface area contributed by atoms with E-state index in [1.165, 1.54) is 103 Å². The first-order chi connectivity index (χ1) is 16.2. The van der Waals surface area contributed by atoms with Gasteiger partial charge >= 0.3 is 11.9 Å². The average Bonchev–Trinajstić information content (AvgIpc) is 2.81. The van der Waals surface area contributed by atoms with Gasteiger partial charge < -0.3 is 9.47 Å². The van der Waals surface area contributed by atoms with Crippen molar-refractivity contribution >= 4 is 11.9 Å². The molecule has 0 bridgehead atoms. The van der Waals surface area contributed by atoms with E-state index in [1.807, 2.05) is 0 Å². The predicted octanol–water partition coefficient (Wildman–Crippen LogP) is 9.08. The van der Waals surface area contributed by atoms with Gasteiger partial charge in [-0.3, -0.25) is 9.59 Å². The van der Waals surface area contributed by atoms with E-state index in [0.717, 1.165) is 25.7 Å². The minimum Gasteiger partial charge on any atom is -0.466 e. The molecular weight excluding hydrogens is 412 g/mol. The lowest BCUT2D eigenvalue weighted by Gasteiger charge is -2.06. The summed E-state index contributed by atoms with van der Waals surface area (Å²) in [5.41, 5.74) is 0. The lowest BCUT2D eigenvalue weighted by molar-refractivity contribution is -0.145. The van der Waals surface area contributed by atoms with E-state index in [2.05, 4.69) is 13.8 Å². The summed E-state index contributed by atoms with van der Waals surface area (Å²) >= 11 is 0. The normalized spacial score (nSPS) is 11.0. The fraction of sp³-hybridized carbons (Fsp3) is 0.931. The van der Waals surface area contributed by atoms with Crippen molar-refractivity contribution in [3.8, 4) is 0 Å². The molecule has 0 N–H and O–H groups in total. The highest BCUT2D eigenvalue weighted by molar-refractivity contribution is 5.72. The number of rotatable bonds is 26. The zero-order chi connectivity index (χ0) is 24.2. The number of hydrogen-bond acceptors (Lipinski definition) is 4. The molecule has 0 aliphatic rings. The molecule has 0 radical (unpaired) electrons. The second-order valence-electron chi connectivity index (χ2n) is 9.66. The number of carbonyl (C=O) groups is 2. The third-order valence-electron chi connectivity index (χ3n) is 6.28. The molecule has 0 saturated heterocycles. The standard InChI is InChI=1S/C29H56O4/c1-3-5-7-9-11-12-13-14-15-16-18-20-22-27-33-29(31)25-23-24-28(30)32-26-21-19-17-10-8-6-4-2/h3-27H2,1-2H3. The van der Waals surface area contributed by atoms with Crippen molar-refractivity contribution in [2.24, 2.45) is 0 Å². The number of carbonyl (C=O) groups excluding carboxylic acids is 2. The molecule has 0 aromatic heterocycles. The Labute approximate surface area is 206 Å². The van der Waals surface area contributed by atoms with Gasteiger partial charge in [0.05, 0.1) is 13.2 Å². The summed E-state index contributed by atoms with van der Waals surface area (Å²) in [7, 11) is 0. The Kier molecular flexibility index (Phi) is 26.3. The van der Waals surface area contributed by atoms with Crippen LogP contribution in [0.15, 0.2) is 0 Å². The number of hydrogen-bond donors (Lipinski definition) is 0. The van der Waals surface area contributed by atoms with Crippen molar-refractivity contribution in [1.29, 1.82) is 0 Å². The van der Waals surface area contributed by atoms with Crippen molar-refractivity contribution in [3.63, 3.8) is 0 Å². The topological polar surface area (TPSA) is 52.6 Å². The van der Waals surface area contributed by atoms with Gasteiger partial charge in [0.15, 0.2) is 0 Å². The van der Waals surface area contributed by atoms with Crippen LogP contribution >= 0.6 is 0 Å². The molecule has 4 nitrogen and oxygen atoms in total. The Morgan fingerprint density at radius 2 is 0.667 bits per heavy atom. The summed E-state index contributed by atoms with van der Waals surface area (Å²) in [4.78, 5) is 23.5. The van der Waals surface area contributed by atoms with Gasteiger partial charge in [0.2, 0.25) is 0 Å². The summed E-state index contributed by atoms with van der Waals surface area (Å²) in [6, 6.07) is 0. The van der Waals surface area contributed by atoms with Gasteiger partial charge in [-0.25, -0.2) is 0 Å². The fourth-order valence-corrected chi connectivity index (χ4v) is 4.07. The lowest BCUT2D eigenvalue weighted by Crippen LogP contribution is -2.09. The highest BCUT2D eigenvalue weighted by Gasteiger charge is 2.07. The largest absolute Gasteiger partial charge is 0.466 e. The van der Waals surface area contributed by atoms with Gasteiger partial charge in [-0.2, -0.15) is 0 Å². The minimum atomic E-state index is -0.190. The smallest absolute Gasteiger partial charge is 0.305 e. The van der Waals surface area contributed by atoms with Gasteiger partial charge in [0.25, 0.3) is 0 Å². The molecule has 0 saturated carbocycles. The van der Waals surface area contributed by atoms with Crippen LogP contribution in [0.5, 0.6) is 0 Å². The molecule has 196 valence electrons. The van der Waals surface area contributed by atoms with Gasteiger partial charge in [-0.1, -0.05) is 129 Å². The highest BCUT2D eigenvalue weighted by atomic mass is 16.5. The predicted molar refractivity (Wildman–Crippen MR) is 139 cm³/mol. The summed E-state index contributed by atoms with van der Waals surface area (Å²) in [6.45, 7) is 5.51. The lowest BCUT2D eigenvalue weighted by atomic mass is 10.0. The van der Waals surface area contributed by atoms with Crippen LogP contribution in [0.4, 0.5) is 0 Å². The van der Waals surface area contributed by atoms with Crippen LogP contribution in [0.2, 0.25) is 0 Å². The van der Waals surface area contributed by atoms with E-state index in [4.69, 9.17) is 9.47 Å². The SMILES string of the molecule is CCCCCCCCCCCCCCCOC(=O)CCCC(=O)OCCCCCCCCC. The van der Waals surface area contributed by atoms with Crippen LogP contribution < -0.4 is 0 Å². The van der Waals surface area contributed by atoms with Gasteiger partial charge in [0.1, 0.15) is 0 Å². The van der Waals surface area contributed by atoms with Gasteiger partial charge in [0, 0.05) is 12.8 Å². The van der Waals surface area contributed by atoms with Crippen LogP contribution in [-0.4, -0.2) is 25.2 Å². The Morgan fingerprint density at radius 1 is 0.394 bits per heavy atom. The summed E-state index contributed by atoms with van der Waals surface area (Å²) in [5, 5.41) is 0. The Bertz CT molecular complexity index is 422. The molecule has 33 heavy (non-hydrogen) atoms. The summed E-state index contributed by atoms with van der Waals surface area (Å²) < 4.78 is 10.5. The highest BCUT2D eigenvalue weighted by Crippen LogP contribution is 2.13.